The predicted molar refractivity (Wildman–Crippen MR) is 126 cm³/mol. The number of aromatic nitrogens is 2. The summed E-state index contributed by atoms with van der Waals surface area (Å²) in [5.41, 5.74) is 0.658. The molecule has 0 unspecified atom stereocenters. The first-order valence-corrected chi connectivity index (χ1v) is 11.3. The summed E-state index contributed by atoms with van der Waals surface area (Å²) < 4.78 is 62.3. The number of nitrogens with zero attached hydrogens (tertiary/aromatic N) is 3. The Kier molecular flexibility index (Phi) is 7.94. The molecule has 2 amide bonds. The lowest BCUT2D eigenvalue weighted by atomic mass is 9.98. The van der Waals surface area contributed by atoms with Crippen molar-refractivity contribution in [3.05, 3.63) is 47.2 Å². The van der Waals surface area contributed by atoms with Crippen molar-refractivity contribution < 1.29 is 31.8 Å². The first-order valence-electron chi connectivity index (χ1n) is 11.0. The Morgan fingerprint density at radius 3 is 2.64 bits per heavy atom. The maximum absolute atomic E-state index is 14.4. The number of alkyl halides is 2. The van der Waals surface area contributed by atoms with Crippen molar-refractivity contribution >= 4 is 45.7 Å². The van der Waals surface area contributed by atoms with Gasteiger partial charge in [-0.15, -0.1) is 0 Å². The fourth-order valence-electron chi connectivity index (χ4n) is 3.91. The number of ether oxygens (including phenoxy) is 2. The number of methoxy groups -OCH3 is 1. The molecule has 2 heterocycles. The van der Waals surface area contributed by atoms with Gasteiger partial charge in [-0.25, -0.2) is 23.5 Å². The van der Waals surface area contributed by atoms with Gasteiger partial charge in [0.05, 0.1) is 30.6 Å². The number of hydrogen-bond donors (Lipinski definition) is 2. The SMILES string of the molecule is COc1cc2ncnc(Nc3ccc(F)c(Cl)c3F)c2cc1NC(=O)N1CCC(COC(F)F)CC1. The zero-order valence-electron chi connectivity index (χ0n) is 19.0. The van der Waals surface area contributed by atoms with Crippen molar-refractivity contribution in [1.82, 2.24) is 14.9 Å². The number of nitrogens with one attached hydrogen (secondary N) is 2. The van der Waals surface area contributed by atoms with Gasteiger partial charge in [-0.1, -0.05) is 11.6 Å². The first-order chi connectivity index (χ1) is 17.3. The number of carbonyl (C=O) groups excluding carboxylic acids is 1. The molecule has 192 valence electrons. The standard InChI is InChI=1S/C23H22ClF4N5O3/c1-35-18-9-16-13(21(30-11-29-16)31-15-3-2-14(25)19(24)20(15)26)8-17(18)32-23(34)33-6-4-12(5-7-33)10-36-22(27)28/h2-3,8-9,11-12,22H,4-7,10H2,1H3,(H,32,34)(H,29,30,31). The second kappa shape index (κ2) is 11.1. The highest BCUT2D eigenvalue weighted by atomic mass is 35.5. The van der Waals surface area contributed by atoms with Gasteiger partial charge in [0.2, 0.25) is 0 Å². The van der Waals surface area contributed by atoms with Gasteiger partial charge in [-0.05, 0) is 37.0 Å². The number of amides is 2. The number of likely N-dealkylation sites (tertiary alicyclic amines) is 1. The lowest BCUT2D eigenvalue weighted by Crippen LogP contribution is -2.41. The third-order valence-corrected chi connectivity index (χ3v) is 6.19. The van der Waals surface area contributed by atoms with Crippen LogP contribution in [0.3, 0.4) is 0 Å². The maximum Gasteiger partial charge on any atom is 0.345 e. The van der Waals surface area contributed by atoms with Crippen LogP contribution < -0.4 is 15.4 Å². The van der Waals surface area contributed by atoms with E-state index >= 15 is 0 Å². The quantitative estimate of drug-likeness (QED) is 0.298. The number of carbonyl (C=O) groups is 1. The molecule has 0 bridgehead atoms. The highest BCUT2D eigenvalue weighted by Crippen LogP contribution is 2.35. The molecule has 1 aliphatic rings. The highest BCUT2D eigenvalue weighted by Gasteiger charge is 2.25. The van der Waals surface area contributed by atoms with Crippen LogP contribution in [0.4, 0.5) is 39.5 Å². The van der Waals surface area contributed by atoms with Gasteiger partial charge >= 0.3 is 12.6 Å². The van der Waals surface area contributed by atoms with E-state index in [1.165, 1.54) is 19.5 Å². The van der Waals surface area contributed by atoms with E-state index in [0.29, 0.717) is 48.3 Å². The summed E-state index contributed by atoms with van der Waals surface area (Å²) in [6.07, 6.45) is 2.32. The van der Waals surface area contributed by atoms with Gasteiger partial charge in [-0.2, -0.15) is 8.78 Å². The molecule has 1 aliphatic heterocycles. The molecular formula is C23H22ClF4N5O3. The smallest absolute Gasteiger partial charge is 0.345 e. The third kappa shape index (κ3) is 5.71. The largest absolute Gasteiger partial charge is 0.494 e. The number of piperidine rings is 1. The molecule has 36 heavy (non-hydrogen) atoms. The summed E-state index contributed by atoms with van der Waals surface area (Å²) in [6.45, 7) is -2.12. The van der Waals surface area contributed by atoms with Gasteiger partial charge in [0.15, 0.2) is 5.82 Å². The second-order valence-electron chi connectivity index (χ2n) is 8.09. The van der Waals surface area contributed by atoms with Crippen molar-refractivity contribution in [2.75, 3.05) is 37.4 Å². The molecule has 1 aromatic heterocycles. The summed E-state index contributed by atoms with van der Waals surface area (Å²) in [4.78, 5) is 22.8. The molecule has 0 saturated carbocycles. The molecule has 4 rings (SSSR count). The molecule has 3 aromatic rings. The number of urea groups is 1. The summed E-state index contributed by atoms with van der Waals surface area (Å²) >= 11 is 5.67. The predicted octanol–water partition coefficient (Wildman–Crippen LogP) is 5.80. The fourth-order valence-corrected chi connectivity index (χ4v) is 4.07. The van der Waals surface area contributed by atoms with Crippen LogP contribution in [0.25, 0.3) is 10.9 Å². The van der Waals surface area contributed by atoms with Crippen LogP contribution in [0.1, 0.15) is 12.8 Å². The van der Waals surface area contributed by atoms with Gasteiger partial charge in [0, 0.05) is 24.5 Å². The van der Waals surface area contributed by atoms with E-state index in [1.54, 1.807) is 17.0 Å². The Balaban J connectivity index is 1.54. The number of fused-ring (bicyclic) bond motifs is 1. The average Bonchev–Trinajstić information content (AvgIpc) is 2.88. The van der Waals surface area contributed by atoms with Gasteiger partial charge in [0.1, 0.15) is 28.7 Å². The monoisotopic (exact) mass is 527 g/mol. The van der Waals surface area contributed by atoms with Gasteiger partial charge < -0.3 is 25.0 Å². The molecule has 2 aromatic carbocycles. The van der Waals surface area contributed by atoms with Crippen LogP contribution in [-0.2, 0) is 4.74 Å². The molecular weight excluding hydrogens is 506 g/mol. The molecule has 1 saturated heterocycles. The van der Waals surface area contributed by atoms with Crippen LogP contribution >= 0.6 is 11.6 Å². The Hall–Kier alpha value is -3.38. The minimum Gasteiger partial charge on any atom is -0.494 e. The summed E-state index contributed by atoms with van der Waals surface area (Å²) in [5.74, 6) is -1.40. The lowest BCUT2D eigenvalue weighted by Gasteiger charge is -2.32. The summed E-state index contributed by atoms with van der Waals surface area (Å²) in [5, 5.41) is 5.35. The molecule has 0 aliphatic carbocycles. The molecule has 0 radical (unpaired) electrons. The Morgan fingerprint density at radius 2 is 1.94 bits per heavy atom. The average molecular weight is 528 g/mol. The summed E-state index contributed by atoms with van der Waals surface area (Å²) in [6, 6.07) is 4.96. The Morgan fingerprint density at radius 1 is 1.19 bits per heavy atom. The van der Waals surface area contributed by atoms with E-state index in [1.807, 2.05) is 0 Å². The molecule has 13 heteroatoms. The molecule has 0 spiro atoms. The van der Waals surface area contributed by atoms with Crippen LogP contribution in [0, 0.1) is 17.6 Å². The fraction of sp³-hybridized carbons (Fsp3) is 0.348. The Bertz CT molecular complexity index is 1260. The summed E-state index contributed by atoms with van der Waals surface area (Å²) in [7, 11) is 1.43. The number of rotatable bonds is 7. The van der Waals surface area contributed by atoms with Crippen LogP contribution in [-0.4, -0.2) is 54.3 Å². The van der Waals surface area contributed by atoms with E-state index in [9.17, 15) is 22.4 Å². The third-order valence-electron chi connectivity index (χ3n) is 5.85. The van der Waals surface area contributed by atoms with Gasteiger partial charge in [0.25, 0.3) is 0 Å². The Labute approximate surface area is 208 Å². The van der Waals surface area contributed by atoms with Crippen molar-refractivity contribution in [2.45, 2.75) is 19.5 Å². The zero-order valence-corrected chi connectivity index (χ0v) is 19.8. The van der Waals surface area contributed by atoms with Crippen LogP contribution in [0.15, 0.2) is 30.6 Å². The topological polar surface area (TPSA) is 88.6 Å². The zero-order chi connectivity index (χ0) is 25.8. The molecule has 1 fully saturated rings. The maximum atomic E-state index is 14.4. The van der Waals surface area contributed by atoms with E-state index in [2.05, 4.69) is 25.3 Å². The van der Waals surface area contributed by atoms with Crippen molar-refractivity contribution in [2.24, 2.45) is 5.92 Å². The minimum absolute atomic E-state index is 0.0515. The van der Waals surface area contributed by atoms with E-state index in [-0.39, 0.29) is 24.0 Å². The number of hydrogen-bond acceptors (Lipinski definition) is 6. The van der Waals surface area contributed by atoms with E-state index < -0.39 is 29.3 Å². The molecule has 8 nitrogen and oxygen atoms in total. The van der Waals surface area contributed by atoms with Crippen molar-refractivity contribution in [1.29, 1.82) is 0 Å². The van der Waals surface area contributed by atoms with E-state index in [0.717, 1.165) is 6.07 Å². The molecule has 0 atom stereocenters. The highest BCUT2D eigenvalue weighted by molar-refractivity contribution is 6.31. The van der Waals surface area contributed by atoms with Crippen LogP contribution in [0.2, 0.25) is 5.02 Å². The normalized spacial score (nSPS) is 14.4. The first kappa shape index (κ1) is 25.7. The van der Waals surface area contributed by atoms with Gasteiger partial charge in [-0.3, -0.25) is 0 Å². The number of anilines is 3. The number of benzene rings is 2. The second-order valence-corrected chi connectivity index (χ2v) is 8.47. The lowest BCUT2D eigenvalue weighted by molar-refractivity contribution is -0.140. The van der Waals surface area contributed by atoms with Crippen molar-refractivity contribution in [3.8, 4) is 5.75 Å². The minimum atomic E-state index is -2.81. The van der Waals surface area contributed by atoms with Crippen molar-refractivity contribution in [3.63, 3.8) is 0 Å². The molecule has 2 N–H and O–H groups in total. The number of halogens is 5. The van der Waals surface area contributed by atoms with Crippen LogP contribution in [0.5, 0.6) is 5.75 Å². The van der Waals surface area contributed by atoms with E-state index in [4.69, 9.17) is 16.3 Å².